The molecule has 17 heteroatoms. The van der Waals surface area contributed by atoms with Gasteiger partial charge in [0, 0.05) is 36.5 Å². The molecular weight excluding hydrogens is 642 g/mol. The van der Waals surface area contributed by atoms with Crippen LogP contribution < -0.4 is 20.7 Å². The number of carbonyl (C=O) groups excluding carboxylic acids is 1. The van der Waals surface area contributed by atoms with Gasteiger partial charge in [-0.3, -0.25) is 9.48 Å². The maximum absolute atomic E-state index is 14.5. The van der Waals surface area contributed by atoms with Crippen LogP contribution in [0.5, 0.6) is 5.75 Å². The Hall–Kier alpha value is -4.63. The Bertz CT molecular complexity index is 1770. The molecule has 1 atom stereocenters. The van der Waals surface area contributed by atoms with Crippen molar-refractivity contribution in [1.82, 2.24) is 25.1 Å². The van der Waals surface area contributed by atoms with E-state index in [0.717, 1.165) is 0 Å². The minimum absolute atomic E-state index is 0.000423. The van der Waals surface area contributed by atoms with E-state index in [2.05, 4.69) is 31.0 Å². The molecule has 2 heterocycles. The predicted molar refractivity (Wildman–Crippen MR) is 168 cm³/mol. The Morgan fingerprint density at radius 1 is 1.13 bits per heavy atom. The zero-order valence-electron chi connectivity index (χ0n) is 26.0. The van der Waals surface area contributed by atoms with E-state index in [-0.39, 0.29) is 48.3 Å². The van der Waals surface area contributed by atoms with E-state index in [1.54, 1.807) is 42.2 Å². The predicted octanol–water partition coefficient (Wildman–Crippen LogP) is 5.63. The molecule has 0 aliphatic rings. The van der Waals surface area contributed by atoms with Gasteiger partial charge in [0.1, 0.15) is 23.7 Å². The topological polar surface area (TPSA) is 173 Å². The average molecular weight is 677 g/mol. The standard InChI is InChI=1S/C30H33F3N7O6P/c1-5-21-26(30(31,32)33)27(39-29(37-21)38-22-9-7-18(13-24(22)45-4)16-46-47(43)44)36-23-10-8-20(17(2)25(23)28(42)34-3)19-14-35-40(15-19)11-6-12-41/h7-10,13-15,41H,5-6,11-12,16H2,1-4H3,(H3-,34,36,37,38,39,42,43,44)/p+1. The molecule has 2 aromatic carbocycles. The number of ether oxygens (including phenoxy) is 1. The molecule has 1 unspecified atom stereocenters. The third-order valence-electron chi connectivity index (χ3n) is 7.12. The number of methoxy groups -OCH3 is 1. The molecule has 250 valence electrons. The van der Waals surface area contributed by atoms with E-state index >= 15 is 0 Å². The van der Waals surface area contributed by atoms with Crippen LogP contribution in [0.3, 0.4) is 0 Å². The first-order valence-corrected chi connectivity index (χ1v) is 15.5. The number of nitrogens with zero attached hydrogens (tertiary/aromatic N) is 4. The lowest BCUT2D eigenvalue weighted by atomic mass is 9.96. The quantitative estimate of drug-likeness (QED) is 0.105. The van der Waals surface area contributed by atoms with Gasteiger partial charge in [-0.2, -0.15) is 23.3 Å². The third-order valence-corrected chi connectivity index (χ3v) is 7.47. The molecule has 0 saturated heterocycles. The number of carbonyl (C=O) groups is 1. The zero-order chi connectivity index (χ0) is 34.3. The fourth-order valence-electron chi connectivity index (χ4n) is 4.92. The van der Waals surface area contributed by atoms with Crippen LogP contribution in [0.1, 0.15) is 46.1 Å². The number of amides is 1. The number of aliphatic hydroxyl groups is 1. The normalized spacial score (nSPS) is 11.7. The summed E-state index contributed by atoms with van der Waals surface area (Å²) < 4.78 is 66.2. The summed E-state index contributed by atoms with van der Waals surface area (Å²) in [4.78, 5) is 30.4. The molecule has 5 N–H and O–H groups in total. The summed E-state index contributed by atoms with van der Waals surface area (Å²) in [6.07, 6.45) is -1.05. The summed E-state index contributed by atoms with van der Waals surface area (Å²) >= 11 is 0. The van der Waals surface area contributed by atoms with Crippen molar-refractivity contribution in [2.24, 2.45) is 0 Å². The smallest absolute Gasteiger partial charge is 0.495 e. The lowest BCUT2D eigenvalue weighted by Crippen LogP contribution is -2.22. The average Bonchev–Trinajstić information content (AvgIpc) is 3.50. The van der Waals surface area contributed by atoms with Crippen LogP contribution in [0.25, 0.3) is 11.1 Å². The molecule has 0 aliphatic carbocycles. The van der Waals surface area contributed by atoms with Gasteiger partial charge in [0.2, 0.25) is 5.95 Å². The Morgan fingerprint density at radius 2 is 1.87 bits per heavy atom. The second kappa shape index (κ2) is 15.3. The Kier molecular flexibility index (Phi) is 11.5. The van der Waals surface area contributed by atoms with Crippen LogP contribution >= 0.6 is 8.25 Å². The van der Waals surface area contributed by atoms with Crippen LogP contribution in [-0.2, 0) is 34.8 Å². The SMILES string of the molecule is CCc1nc(Nc2ccc(CO[P+](=O)O)cc2OC)nc(Nc2ccc(-c3cnn(CCCO)c3)c(C)c2C(=O)NC)c1C(F)(F)F. The van der Waals surface area contributed by atoms with E-state index < -0.39 is 31.7 Å². The molecule has 47 heavy (non-hydrogen) atoms. The number of hydrogen-bond donors (Lipinski definition) is 5. The number of nitrogens with one attached hydrogen (secondary N) is 3. The zero-order valence-corrected chi connectivity index (χ0v) is 26.9. The van der Waals surface area contributed by atoms with Crippen molar-refractivity contribution in [3.8, 4) is 16.9 Å². The van der Waals surface area contributed by atoms with Crippen LogP contribution in [0.2, 0.25) is 0 Å². The van der Waals surface area contributed by atoms with Gasteiger partial charge in [0.05, 0.1) is 35.9 Å². The lowest BCUT2D eigenvalue weighted by molar-refractivity contribution is -0.138. The molecule has 0 bridgehead atoms. The molecule has 0 radical (unpaired) electrons. The molecule has 0 saturated carbocycles. The molecule has 0 aliphatic heterocycles. The fraction of sp³-hybridized carbons (Fsp3) is 0.333. The van der Waals surface area contributed by atoms with Crippen molar-refractivity contribution in [2.45, 2.75) is 46.0 Å². The second-order valence-corrected chi connectivity index (χ2v) is 10.9. The van der Waals surface area contributed by atoms with E-state index in [0.29, 0.717) is 40.9 Å². The first-order valence-electron chi connectivity index (χ1n) is 14.4. The molecule has 1 amide bonds. The van der Waals surface area contributed by atoms with Gasteiger partial charge in [0.25, 0.3) is 5.91 Å². The number of rotatable bonds is 14. The second-order valence-electron chi connectivity index (χ2n) is 10.2. The Morgan fingerprint density at radius 3 is 2.51 bits per heavy atom. The van der Waals surface area contributed by atoms with Gasteiger partial charge in [-0.25, -0.2) is 4.98 Å². The molecule has 13 nitrogen and oxygen atoms in total. The Balaban J connectivity index is 1.79. The van der Waals surface area contributed by atoms with E-state index in [1.165, 1.54) is 33.2 Å². The highest BCUT2D eigenvalue weighted by atomic mass is 31.1. The minimum atomic E-state index is -4.84. The first-order chi connectivity index (χ1) is 22.4. The number of anilines is 4. The van der Waals surface area contributed by atoms with Crippen molar-refractivity contribution < 1.29 is 41.8 Å². The van der Waals surface area contributed by atoms with Crippen LogP contribution in [0.15, 0.2) is 42.7 Å². The molecule has 0 fully saturated rings. The third kappa shape index (κ3) is 8.40. The van der Waals surface area contributed by atoms with Crippen molar-refractivity contribution >= 4 is 37.3 Å². The van der Waals surface area contributed by atoms with Crippen LogP contribution in [-0.4, -0.2) is 56.4 Å². The molecule has 2 aromatic heterocycles. The summed E-state index contributed by atoms with van der Waals surface area (Å²) in [5, 5.41) is 21.6. The number of aliphatic hydroxyl groups excluding tert-OH is 1. The summed E-state index contributed by atoms with van der Waals surface area (Å²) in [6.45, 7) is 3.52. The summed E-state index contributed by atoms with van der Waals surface area (Å²) in [5.74, 6) is -1.03. The van der Waals surface area contributed by atoms with Gasteiger partial charge in [0.15, 0.2) is 0 Å². The van der Waals surface area contributed by atoms with Gasteiger partial charge < -0.3 is 25.8 Å². The molecular formula is C30H34F3N7O6P+. The number of hydrogen-bond acceptors (Lipinski definition) is 10. The van der Waals surface area contributed by atoms with Crippen molar-refractivity contribution in [2.75, 3.05) is 31.4 Å². The number of alkyl halides is 3. The van der Waals surface area contributed by atoms with Crippen LogP contribution in [0.4, 0.5) is 36.3 Å². The maximum atomic E-state index is 14.5. The Labute approximate surface area is 269 Å². The number of benzene rings is 2. The van der Waals surface area contributed by atoms with E-state index in [9.17, 15) is 22.5 Å². The number of halogens is 3. The number of aryl methyl sites for hydroxylation is 2. The van der Waals surface area contributed by atoms with Crippen molar-refractivity contribution in [1.29, 1.82) is 0 Å². The highest BCUT2D eigenvalue weighted by molar-refractivity contribution is 7.32. The molecule has 0 spiro atoms. The van der Waals surface area contributed by atoms with E-state index in [4.69, 9.17) is 19.3 Å². The summed E-state index contributed by atoms with van der Waals surface area (Å²) in [6, 6.07) is 7.82. The van der Waals surface area contributed by atoms with Crippen molar-refractivity contribution in [3.05, 3.63) is 70.7 Å². The monoisotopic (exact) mass is 676 g/mol. The first kappa shape index (κ1) is 35.2. The van der Waals surface area contributed by atoms with Gasteiger partial charge in [-0.05, 0) is 54.7 Å². The summed E-state index contributed by atoms with van der Waals surface area (Å²) in [5.41, 5.74) is 1.45. The number of aromatic nitrogens is 4. The fourth-order valence-corrected chi connectivity index (χ4v) is 5.18. The highest BCUT2D eigenvalue weighted by Gasteiger charge is 2.39. The van der Waals surface area contributed by atoms with Crippen LogP contribution in [0, 0.1) is 6.92 Å². The minimum Gasteiger partial charge on any atom is -0.495 e. The molecule has 4 aromatic rings. The largest absolute Gasteiger partial charge is 0.695 e. The molecule has 4 rings (SSSR count). The van der Waals surface area contributed by atoms with E-state index in [1.807, 2.05) is 0 Å². The lowest BCUT2D eigenvalue weighted by Gasteiger charge is -2.21. The van der Waals surface area contributed by atoms with Crippen molar-refractivity contribution in [3.63, 3.8) is 0 Å². The maximum Gasteiger partial charge on any atom is 0.695 e. The van der Waals surface area contributed by atoms with Gasteiger partial charge in [-0.1, -0.05) is 19.1 Å². The van der Waals surface area contributed by atoms with Gasteiger partial charge in [-0.15, -0.1) is 9.42 Å². The summed E-state index contributed by atoms with van der Waals surface area (Å²) in [7, 11) is -0.0193. The highest BCUT2D eigenvalue weighted by Crippen LogP contribution is 2.40. The van der Waals surface area contributed by atoms with Gasteiger partial charge >= 0.3 is 14.4 Å².